The maximum Gasteiger partial charge on any atom is 0.255 e. The zero-order valence-corrected chi connectivity index (χ0v) is 13.7. The maximum absolute atomic E-state index is 12.2. The molecule has 0 saturated heterocycles. The van der Waals surface area contributed by atoms with E-state index < -0.39 is 0 Å². The van der Waals surface area contributed by atoms with E-state index >= 15 is 0 Å². The van der Waals surface area contributed by atoms with Gasteiger partial charge in [-0.05, 0) is 42.5 Å². The molecule has 4 rings (SSSR count). The van der Waals surface area contributed by atoms with Crippen LogP contribution in [0, 0.1) is 0 Å². The predicted octanol–water partition coefficient (Wildman–Crippen LogP) is 4.80. The van der Waals surface area contributed by atoms with E-state index in [1.165, 1.54) is 0 Å². The molecule has 0 aliphatic carbocycles. The highest BCUT2D eigenvalue weighted by molar-refractivity contribution is 6.30. The summed E-state index contributed by atoms with van der Waals surface area (Å²) in [5.41, 5.74) is 3.25. The van der Waals surface area contributed by atoms with Crippen LogP contribution in [0.3, 0.4) is 0 Å². The number of hydrogen-bond acceptors (Lipinski definition) is 4. The minimum absolute atomic E-state index is 0.212. The summed E-state index contributed by atoms with van der Waals surface area (Å²) in [4.78, 5) is 20.6. The Balaban J connectivity index is 1.63. The molecule has 5 nitrogen and oxygen atoms in total. The quantitative estimate of drug-likeness (QED) is 0.577. The van der Waals surface area contributed by atoms with Gasteiger partial charge in [0.1, 0.15) is 5.52 Å². The second-order valence-corrected chi connectivity index (χ2v) is 5.84. The number of pyridine rings is 1. The number of benzene rings is 2. The molecular weight excluding hydrogens is 338 g/mol. The lowest BCUT2D eigenvalue weighted by molar-refractivity contribution is 0.102. The Bertz CT molecular complexity index is 1060. The number of carbonyl (C=O) groups excluding carboxylic acids is 1. The zero-order valence-electron chi connectivity index (χ0n) is 12.9. The van der Waals surface area contributed by atoms with Gasteiger partial charge in [-0.3, -0.25) is 9.78 Å². The van der Waals surface area contributed by atoms with Crippen molar-refractivity contribution < 1.29 is 9.21 Å². The van der Waals surface area contributed by atoms with Gasteiger partial charge in [0.15, 0.2) is 5.58 Å². The molecule has 2 aromatic carbocycles. The van der Waals surface area contributed by atoms with Gasteiger partial charge in [0, 0.05) is 40.3 Å². The summed E-state index contributed by atoms with van der Waals surface area (Å²) in [6, 6.07) is 15.9. The van der Waals surface area contributed by atoms with Crippen molar-refractivity contribution in [2.45, 2.75) is 0 Å². The highest BCUT2D eigenvalue weighted by atomic mass is 35.5. The molecule has 2 aromatic heterocycles. The molecule has 0 spiro atoms. The fourth-order valence-corrected chi connectivity index (χ4v) is 2.64. The van der Waals surface area contributed by atoms with Gasteiger partial charge in [0.05, 0.1) is 0 Å². The zero-order chi connectivity index (χ0) is 17.2. The van der Waals surface area contributed by atoms with E-state index in [2.05, 4.69) is 15.3 Å². The normalized spacial score (nSPS) is 10.8. The first-order valence-corrected chi connectivity index (χ1v) is 7.95. The van der Waals surface area contributed by atoms with Crippen LogP contribution >= 0.6 is 11.6 Å². The van der Waals surface area contributed by atoms with Crippen molar-refractivity contribution in [3.8, 4) is 11.5 Å². The summed E-state index contributed by atoms with van der Waals surface area (Å²) >= 11 is 6.01. The van der Waals surface area contributed by atoms with Crippen molar-refractivity contribution >= 4 is 34.3 Å². The molecule has 0 fully saturated rings. The molecule has 1 amide bonds. The fraction of sp³-hybridized carbons (Fsp3) is 0. The second-order valence-electron chi connectivity index (χ2n) is 5.40. The smallest absolute Gasteiger partial charge is 0.255 e. The van der Waals surface area contributed by atoms with E-state index in [0.29, 0.717) is 33.3 Å². The molecule has 122 valence electrons. The number of aromatic nitrogens is 2. The monoisotopic (exact) mass is 349 g/mol. The number of halogens is 1. The molecule has 0 atom stereocenters. The number of nitrogens with one attached hydrogen (secondary N) is 1. The highest BCUT2D eigenvalue weighted by Gasteiger charge is 2.11. The molecule has 1 N–H and O–H groups in total. The lowest BCUT2D eigenvalue weighted by Crippen LogP contribution is -2.11. The van der Waals surface area contributed by atoms with E-state index in [4.69, 9.17) is 16.0 Å². The molecular formula is C19H12ClN3O2. The fourth-order valence-electron chi connectivity index (χ4n) is 2.45. The van der Waals surface area contributed by atoms with Crippen LogP contribution in [0.25, 0.3) is 22.6 Å². The summed E-state index contributed by atoms with van der Waals surface area (Å²) in [7, 11) is 0. The number of amides is 1. The van der Waals surface area contributed by atoms with Crippen LogP contribution in [0.5, 0.6) is 0 Å². The Labute approximate surface area is 148 Å². The van der Waals surface area contributed by atoms with Crippen LogP contribution in [-0.2, 0) is 0 Å². The van der Waals surface area contributed by atoms with Crippen molar-refractivity contribution in [3.05, 3.63) is 77.6 Å². The lowest BCUT2D eigenvalue weighted by Gasteiger charge is -2.04. The second kappa shape index (κ2) is 6.37. The average molecular weight is 350 g/mol. The molecule has 6 heteroatoms. The molecule has 0 bridgehead atoms. The Kier molecular flexibility index (Phi) is 3.91. The predicted molar refractivity (Wildman–Crippen MR) is 96.6 cm³/mol. The Morgan fingerprint density at radius 2 is 1.88 bits per heavy atom. The summed E-state index contributed by atoms with van der Waals surface area (Å²) in [5.74, 6) is 0.270. The minimum Gasteiger partial charge on any atom is -0.436 e. The van der Waals surface area contributed by atoms with Crippen LogP contribution in [0.15, 0.2) is 71.4 Å². The number of carbonyl (C=O) groups is 1. The third-order valence-corrected chi connectivity index (χ3v) is 3.90. The van der Waals surface area contributed by atoms with Crippen LogP contribution in [0.2, 0.25) is 5.02 Å². The van der Waals surface area contributed by atoms with E-state index in [9.17, 15) is 4.79 Å². The molecule has 0 saturated carbocycles. The molecule has 0 unspecified atom stereocenters. The van der Waals surface area contributed by atoms with Crippen LogP contribution < -0.4 is 5.32 Å². The van der Waals surface area contributed by atoms with Gasteiger partial charge in [0.2, 0.25) is 5.89 Å². The Morgan fingerprint density at radius 1 is 1.04 bits per heavy atom. The molecule has 25 heavy (non-hydrogen) atoms. The Morgan fingerprint density at radius 3 is 2.68 bits per heavy atom. The summed E-state index contributed by atoms with van der Waals surface area (Å²) in [5, 5.41) is 3.45. The average Bonchev–Trinajstić information content (AvgIpc) is 3.06. The van der Waals surface area contributed by atoms with Gasteiger partial charge in [-0.1, -0.05) is 17.7 Å². The summed E-state index contributed by atoms with van der Waals surface area (Å²) in [6.07, 6.45) is 3.15. The van der Waals surface area contributed by atoms with E-state index in [0.717, 1.165) is 5.56 Å². The third kappa shape index (κ3) is 3.22. The third-order valence-electron chi connectivity index (χ3n) is 3.66. The molecule has 2 heterocycles. The van der Waals surface area contributed by atoms with Crippen LogP contribution in [-0.4, -0.2) is 15.9 Å². The first-order valence-electron chi connectivity index (χ1n) is 7.57. The van der Waals surface area contributed by atoms with Crippen molar-refractivity contribution in [2.75, 3.05) is 5.32 Å². The van der Waals surface area contributed by atoms with Crippen molar-refractivity contribution in [3.63, 3.8) is 0 Å². The highest BCUT2D eigenvalue weighted by Crippen LogP contribution is 2.27. The first-order chi connectivity index (χ1) is 12.2. The molecule has 0 aliphatic heterocycles. The number of hydrogen-bond donors (Lipinski definition) is 1. The maximum atomic E-state index is 12.2. The minimum atomic E-state index is -0.212. The Hall–Kier alpha value is -3.18. The summed E-state index contributed by atoms with van der Waals surface area (Å²) in [6.45, 7) is 0. The van der Waals surface area contributed by atoms with Crippen molar-refractivity contribution in [1.29, 1.82) is 0 Å². The van der Waals surface area contributed by atoms with Gasteiger partial charge in [-0.15, -0.1) is 0 Å². The van der Waals surface area contributed by atoms with Gasteiger partial charge in [-0.2, -0.15) is 0 Å². The number of nitrogens with zero attached hydrogens (tertiary/aromatic N) is 2. The topological polar surface area (TPSA) is 68.0 Å². The van der Waals surface area contributed by atoms with E-state index in [1.54, 1.807) is 54.9 Å². The van der Waals surface area contributed by atoms with Gasteiger partial charge < -0.3 is 9.73 Å². The SMILES string of the molecule is O=C(Nc1ccc2nc(-c3cccc(Cl)c3)oc2c1)c1ccncc1. The van der Waals surface area contributed by atoms with Gasteiger partial charge >= 0.3 is 0 Å². The largest absolute Gasteiger partial charge is 0.436 e. The van der Waals surface area contributed by atoms with Gasteiger partial charge in [-0.25, -0.2) is 4.98 Å². The first kappa shape index (κ1) is 15.4. The number of rotatable bonds is 3. The molecule has 0 radical (unpaired) electrons. The lowest BCUT2D eigenvalue weighted by atomic mass is 10.2. The van der Waals surface area contributed by atoms with Crippen molar-refractivity contribution in [2.24, 2.45) is 0 Å². The van der Waals surface area contributed by atoms with Gasteiger partial charge in [0.25, 0.3) is 5.91 Å². The van der Waals surface area contributed by atoms with Crippen LogP contribution in [0.4, 0.5) is 5.69 Å². The van der Waals surface area contributed by atoms with E-state index in [-0.39, 0.29) is 5.91 Å². The number of fused-ring (bicyclic) bond motifs is 1. The van der Waals surface area contributed by atoms with E-state index in [1.807, 2.05) is 12.1 Å². The van der Waals surface area contributed by atoms with Crippen LogP contribution in [0.1, 0.15) is 10.4 Å². The summed E-state index contributed by atoms with van der Waals surface area (Å²) < 4.78 is 5.81. The molecule has 0 aliphatic rings. The molecule has 4 aromatic rings. The number of anilines is 1. The standard InChI is InChI=1S/C19H12ClN3O2/c20-14-3-1-2-13(10-14)19-23-16-5-4-15(11-17(16)25-19)22-18(24)12-6-8-21-9-7-12/h1-11H,(H,22,24). The number of oxazole rings is 1. The van der Waals surface area contributed by atoms with Crippen molar-refractivity contribution in [1.82, 2.24) is 9.97 Å².